The van der Waals surface area contributed by atoms with Gasteiger partial charge in [0.1, 0.15) is 5.75 Å². The van der Waals surface area contributed by atoms with Gasteiger partial charge >= 0.3 is 0 Å². The fourth-order valence-corrected chi connectivity index (χ4v) is 2.62. The Morgan fingerprint density at radius 1 is 1.32 bits per heavy atom. The fraction of sp³-hybridized carbons (Fsp3) is 0.375. The van der Waals surface area contributed by atoms with Gasteiger partial charge in [0.2, 0.25) is 0 Å². The predicted octanol–water partition coefficient (Wildman–Crippen LogP) is 1.36. The molecule has 6 nitrogen and oxygen atoms in total. The van der Waals surface area contributed by atoms with Crippen molar-refractivity contribution in [2.24, 2.45) is 0 Å². The van der Waals surface area contributed by atoms with Crippen molar-refractivity contribution in [3.8, 4) is 5.75 Å². The van der Waals surface area contributed by atoms with E-state index in [4.69, 9.17) is 9.84 Å². The molecule has 1 amide bonds. The van der Waals surface area contributed by atoms with Gasteiger partial charge in [0.15, 0.2) is 11.5 Å². The van der Waals surface area contributed by atoms with Crippen molar-refractivity contribution >= 4 is 11.7 Å². The summed E-state index contributed by atoms with van der Waals surface area (Å²) in [5, 5.41) is 19.0. The van der Waals surface area contributed by atoms with Gasteiger partial charge in [-0.15, -0.1) is 0 Å². The number of hydrogen-bond acceptors (Lipinski definition) is 5. The number of carbonyl (C=O) groups excluding carboxylic acids is 2. The van der Waals surface area contributed by atoms with E-state index in [0.29, 0.717) is 17.7 Å². The number of Topliss-reactive ketones (excluding diaryl/α,β-unsaturated/α-hetero) is 1. The molecule has 1 unspecified atom stereocenters. The molecule has 1 atom stereocenters. The van der Waals surface area contributed by atoms with Crippen molar-refractivity contribution in [1.29, 1.82) is 0 Å². The molecule has 0 saturated heterocycles. The summed E-state index contributed by atoms with van der Waals surface area (Å²) in [6.45, 7) is 1.51. The second-order valence-corrected chi connectivity index (χ2v) is 5.07. The molecule has 1 aliphatic rings. The Kier molecular flexibility index (Phi) is 4.82. The molecule has 1 heterocycles. The smallest absolute Gasteiger partial charge is 0.290 e. The lowest BCUT2D eigenvalue weighted by Gasteiger charge is -2.26. The monoisotopic (exact) mass is 305 g/mol. The third kappa shape index (κ3) is 2.82. The summed E-state index contributed by atoms with van der Waals surface area (Å²) in [6, 6.07) is 6.34. The van der Waals surface area contributed by atoms with E-state index in [-0.39, 0.29) is 24.5 Å². The standard InChI is InChI=1S/C16H19NO5/c1-10(19)13-14(11-4-6-12(22-2)7-5-11)17(8-3-9-18)16(21)15(13)20/h4-7,14,18,20H,3,8-9H2,1-2H3. The average Bonchev–Trinajstić information content (AvgIpc) is 2.77. The van der Waals surface area contributed by atoms with Gasteiger partial charge in [0.25, 0.3) is 5.91 Å². The van der Waals surface area contributed by atoms with Crippen molar-refractivity contribution in [2.75, 3.05) is 20.3 Å². The van der Waals surface area contributed by atoms with E-state index in [1.165, 1.54) is 11.8 Å². The fourth-order valence-electron chi connectivity index (χ4n) is 2.62. The van der Waals surface area contributed by atoms with Gasteiger partial charge in [-0.05, 0) is 31.0 Å². The van der Waals surface area contributed by atoms with Crippen LogP contribution < -0.4 is 4.74 Å². The van der Waals surface area contributed by atoms with Gasteiger partial charge in [0.05, 0.1) is 18.7 Å². The summed E-state index contributed by atoms with van der Waals surface area (Å²) in [5.41, 5.74) is 0.800. The molecular weight excluding hydrogens is 286 g/mol. The maximum atomic E-state index is 12.2. The van der Waals surface area contributed by atoms with E-state index in [0.717, 1.165) is 0 Å². The van der Waals surface area contributed by atoms with E-state index in [2.05, 4.69) is 0 Å². The SMILES string of the molecule is COc1ccc(C2C(C(C)=O)=C(O)C(=O)N2CCCO)cc1. The summed E-state index contributed by atoms with van der Waals surface area (Å²) in [7, 11) is 1.55. The second kappa shape index (κ2) is 6.62. The number of rotatable bonds is 6. The van der Waals surface area contributed by atoms with Crippen LogP contribution in [0.5, 0.6) is 5.75 Å². The highest BCUT2D eigenvalue weighted by Crippen LogP contribution is 2.38. The Morgan fingerprint density at radius 3 is 2.45 bits per heavy atom. The third-order valence-electron chi connectivity index (χ3n) is 3.67. The molecule has 6 heteroatoms. The van der Waals surface area contributed by atoms with Gasteiger partial charge in [-0.3, -0.25) is 9.59 Å². The molecule has 0 aromatic heterocycles. The highest BCUT2D eigenvalue weighted by atomic mass is 16.5. The molecule has 2 N–H and O–H groups in total. The van der Waals surface area contributed by atoms with Crippen LogP contribution in [0.1, 0.15) is 24.9 Å². The number of ether oxygens (including phenoxy) is 1. The number of aliphatic hydroxyl groups is 2. The third-order valence-corrected chi connectivity index (χ3v) is 3.67. The molecule has 0 saturated carbocycles. The molecule has 0 bridgehead atoms. The quantitative estimate of drug-likeness (QED) is 0.828. The van der Waals surface area contributed by atoms with Crippen LogP contribution in [0.4, 0.5) is 0 Å². The van der Waals surface area contributed by atoms with E-state index < -0.39 is 17.7 Å². The second-order valence-electron chi connectivity index (χ2n) is 5.07. The van der Waals surface area contributed by atoms with E-state index in [1.54, 1.807) is 31.4 Å². The zero-order valence-corrected chi connectivity index (χ0v) is 12.6. The average molecular weight is 305 g/mol. The normalized spacial score (nSPS) is 18.0. The lowest BCUT2D eigenvalue weighted by molar-refractivity contribution is -0.129. The minimum Gasteiger partial charge on any atom is -0.503 e. The van der Waals surface area contributed by atoms with Gasteiger partial charge in [-0.25, -0.2) is 0 Å². The number of carbonyl (C=O) groups is 2. The predicted molar refractivity (Wildman–Crippen MR) is 79.5 cm³/mol. The van der Waals surface area contributed by atoms with Gasteiger partial charge in [-0.2, -0.15) is 0 Å². The molecule has 0 spiro atoms. The molecule has 22 heavy (non-hydrogen) atoms. The number of amides is 1. The van der Waals surface area contributed by atoms with Crippen molar-refractivity contribution < 1.29 is 24.5 Å². The molecule has 0 fully saturated rings. The van der Waals surface area contributed by atoms with Gasteiger partial charge < -0.3 is 19.8 Å². The van der Waals surface area contributed by atoms with Crippen molar-refractivity contribution in [2.45, 2.75) is 19.4 Å². The first-order valence-electron chi connectivity index (χ1n) is 7.01. The highest BCUT2D eigenvalue weighted by Gasteiger charge is 2.41. The van der Waals surface area contributed by atoms with Crippen LogP contribution in [0.2, 0.25) is 0 Å². The number of ketones is 1. The highest BCUT2D eigenvalue weighted by molar-refractivity contribution is 6.08. The molecular formula is C16H19NO5. The molecule has 2 rings (SSSR count). The molecule has 0 radical (unpaired) electrons. The number of hydrogen-bond donors (Lipinski definition) is 2. The van der Waals surface area contributed by atoms with Crippen LogP contribution >= 0.6 is 0 Å². The molecule has 1 aromatic carbocycles. The maximum Gasteiger partial charge on any atom is 0.290 e. The lowest BCUT2D eigenvalue weighted by atomic mass is 9.96. The summed E-state index contributed by atoms with van der Waals surface area (Å²) >= 11 is 0. The molecule has 0 aliphatic carbocycles. The minimum atomic E-state index is -0.637. The van der Waals surface area contributed by atoms with Crippen LogP contribution in [0.3, 0.4) is 0 Å². The molecule has 1 aromatic rings. The zero-order chi connectivity index (χ0) is 16.3. The first kappa shape index (κ1) is 16.0. The van der Waals surface area contributed by atoms with E-state index in [1.807, 2.05) is 0 Å². The summed E-state index contributed by atoms with van der Waals surface area (Å²) < 4.78 is 5.10. The Labute approximate surface area is 128 Å². The first-order valence-corrected chi connectivity index (χ1v) is 7.01. The van der Waals surface area contributed by atoms with Gasteiger partial charge in [-0.1, -0.05) is 12.1 Å². The summed E-state index contributed by atoms with van der Waals surface area (Å²) in [4.78, 5) is 25.5. The van der Waals surface area contributed by atoms with Crippen molar-refractivity contribution in [3.63, 3.8) is 0 Å². The lowest BCUT2D eigenvalue weighted by Crippen LogP contribution is -2.32. The molecule has 118 valence electrons. The number of benzene rings is 1. The zero-order valence-electron chi connectivity index (χ0n) is 12.6. The maximum absolute atomic E-state index is 12.2. The van der Waals surface area contributed by atoms with E-state index >= 15 is 0 Å². The Bertz CT molecular complexity index is 605. The van der Waals surface area contributed by atoms with Crippen LogP contribution in [0, 0.1) is 0 Å². The minimum absolute atomic E-state index is 0.0741. The van der Waals surface area contributed by atoms with Gasteiger partial charge in [0, 0.05) is 13.2 Å². The topological polar surface area (TPSA) is 87.1 Å². The van der Waals surface area contributed by atoms with Crippen LogP contribution in [0.15, 0.2) is 35.6 Å². The Morgan fingerprint density at radius 2 is 1.95 bits per heavy atom. The number of methoxy groups -OCH3 is 1. The largest absolute Gasteiger partial charge is 0.503 e. The Balaban J connectivity index is 2.43. The van der Waals surface area contributed by atoms with E-state index in [9.17, 15) is 14.7 Å². The van der Waals surface area contributed by atoms with Crippen LogP contribution in [-0.4, -0.2) is 47.1 Å². The summed E-state index contributed by atoms with van der Waals surface area (Å²) in [6.07, 6.45) is 0.372. The number of nitrogens with zero attached hydrogens (tertiary/aromatic N) is 1. The number of aliphatic hydroxyl groups excluding tert-OH is 2. The van der Waals surface area contributed by atoms with Crippen molar-refractivity contribution in [3.05, 3.63) is 41.2 Å². The summed E-state index contributed by atoms with van der Waals surface area (Å²) in [5.74, 6) is -0.781. The van der Waals surface area contributed by atoms with Crippen molar-refractivity contribution in [1.82, 2.24) is 4.90 Å². The Hall–Kier alpha value is -2.34. The van der Waals surface area contributed by atoms with Crippen LogP contribution in [-0.2, 0) is 9.59 Å². The molecule has 1 aliphatic heterocycles. The first-order chi connectivity index (χ1) is 10.5. The van der Waals surface area contributed by atoms with Crippen LogP contribution in [0.25, 0.3) is 0 Å².